The fourth-order valence-electron chi connectivity index (χ4n) is 3.84. The second-order valence-electron chi connectivity index (χ2n) is 8.36. The van der Waals surface area contributed by atoms with Gasteiger partial charge in [0.25, 0.3) is 0 Å². The lowest BCUT2D eigenvalue weighted by Crippen LogP contribution is -2.50. The van der Waals surface area contributed by atoms with Crippen LogP contribution in [0.3, 0.4) is 0 Å². The molecule has 1 N–H and O–H groups in total. The molecule has 0 radical (unpaired) electrons. The lowest BCUT2D eigenvalue weighted by atomic mass is 10.0. The van der Waals surface area contributed by atoms with Crippen LogP contribution in [0.5, 0.6) is 0 Å². The Balaban J connectivity index is 1.92. The standard InChI is InChI=1S/C28H29Cl3N2O2/c1-2-16-32-28(35)26(18-20-8-4-3-5-9-20)33(19-21-12-14-24(30)25(31)17-21)27(34)15-13-22-10-6-7-11-23(22)29/h3-12,14,17,26H,2,13,15-16,18-19H2,1H3,(H,32,35)/t26-/m1/s1. The van der Waals surface area contributed by atoms with Gasteiger partial charge in [0.15, 0.2) is 0 Å². The molecular formula is C28H29Cl3N2O2. The molecule has 4 nitrogen and oxygen atoms in total. The third-order valence-electron chi connectivity index (χ3n) is 5.72. The molecule has 3 rings (SSSR count). The van der Waals surface area contributed by atoms with Gasteiger partial charge in [0.05, 0.1) is 10.0 Å². The first-order chi connectivity index (χ1) is 16.9. The summed E-state index contributed by atoms with van der Waals surface area (Å²) in [7, 11) is 0. The van der Waals surface area contributed by atoms with Crippen molar-refractivity contribution in [3.8, 4) is 0 Å². The second-order valence-corrected chi connectivity index (χ2v) is 9.58. The van der Waals surface area contributed by atoms with Crippen molar-refractivity contribution in [3.63, 3.8) is 0 Å². The Morgan fingerprint density at radius 2 is 1.57 bits per heavy atom. The minimum Gasteiger partial charge on any atom is -0.354 e. The van der Waals surface area contributed by atoms with Gasteiger partial charge in [-0.25, -0.2) is 0 Å². The Labute approximate surface area is 222 Å². The molecule has 3 aromatic carbocycles. The molecule has 0 aliphatic carbocycles. The molecule has 0 bridgehead atoms. The van der Waals surface area contributed by atoms with Crippen LogP contribution in [0.4, 0.5) is 0 Å². The van der Waals surface area contributed by atoms with Gasteiger partial charge in [-0.2, -0.15) is 0 Å². The van der Waals surface area contributed by atoms with Crippen molar-refractivity contribution in [2.75, 3.05) is 6.54 Å². The molecule has 2 amide bonds. The molecule has 0 aliphatic rings. The SMILES string of the molecule is CCCNC(=O)[C@@H](Cc1ccccc1)N(Cc1ccc(Cl)c(Cl)c1)C(=O)CCc1ccccc1Cl. The van der Waals surface area contributed by atoms with Crippen LogP contribution in [0, 0.1) is 0 Å². The fraction of sp³-hybridized carbons (Fsp3) is 0.286. The Bertz CT molecular complexity index is 1140. The fourth-order valence-corrected chi connectivity index (χ4v) is 4.39. The minimum atomic E-state index is -0.683. The molecule has 7 heteroatoms. The van der Waals surface area contributed by atoms with E-state index in [0.29, 0.717) is 34.5 Å². The van der Waals surface area contributed by atoms with Crippen LogP contribution in [0.15, 0.2) is 72.8 Å². The van der Waals surface area contributed by atoms with Crippen molar-refractivity contribution >= 4 is 46.6 Å². The summed E-state index contributed by atoms with van der Waals surface area (Å²) in [6.45, 7) is 2.77. The van der Waals surface area contributed by atoms with Gasteiger partial charge in [-0.3, -0.25) is 9.59 Å². The lowest BCUT2D eigenvalue weighted by Gasteiger charge is -2.32. The third-order valence-corrected chi connectivity index (χ3v) is 6.83. The molecule has 0 unspecified atom stereocenters. The first-order valence-corrected chi connectivity index (χ1v) is 12.8. The van der Waals surface area contributed by atoms with Gasteiger partial charge in [0, 0.05) is 31.0 Å². The molecule has 0 aliphatic heterocycles. The Morgan fingerprint density at radius 1 is 0.857 bits per heavy atom. The maximum absolute atomic E-state index is 13.6. The van der Waals surface area contributed by atoms with Gasteiger partial charge >= 0.3 is 0 Å². The summed E-state index contributed by atoms with van der Waals surface area (Å²) >= 11 is 18.7. The molecule has 0 spiro atoms. The second kappa shape index (κ2) is 13.5. The van der Waals surface area contributed by atoms with Crippen LogP contribution >= 0.6 is 34.8 Å². The van der Waals surface area contributed by atoms with Crippen molar-refractivity contribution in [3.05, 3.63) is 105 Å². The number of halogens is 3. The van der Waals surface area contributed by atoms with E-state index in [1.54, 1.807) is 17.0 Å². The highest BCUT2D eigenvalue weighted by Gasteiger charge is 2.30. The molecule has 0 saturated carbocycles. The van der Waals surface area contributed by atoms with E-state index in [9.17, 15) is 9.59 Å². The maximum Gasteiger partial charge on any atom is 0.243 e. The van der Waals surface area contributed by atoms with Crippen LogP contribution in [0.25, 0.3) is 0 Å². The highest BCUT2D eigenvalue weighted by Crippen LogP contribution is 2.25. The molecular weight excluding hydrogens is 503 g/mol. The smallest absolute Gasteiger partial charge is 0.243 e. The van der Waals surface area contributed by atoms with E-state index in [0.717, 1.165) is 23.1 Å². The molecule has 0 aromatic heterocycles. The quantitative estimate of drug-likeness (QED) is 0.298. The van der Waals surface area contributed by atoms with Gasteiger partial charge < -0.3 is 10.2 Å². The van der Waals surface area contributed by atoms with Gasteiger partial charge in [-0.15, -0.1) is 0 Å². The topological polar surface area (TPSA) is 49.4 Å². The van der Waals surface area contributed by atoms with Gasteiger partial charge in [-0.05, 0) is 47.7 Å². The number of carbonyl (C=O) groups excluding carboxylic acids is 2. The van der Waals surface area contributed by atoms with Crippen molar-refractivity contribution in [2.24, 2.45) is 0 Å². The minimum absolute atomic E-state index is 0.136. The number of aryl methyl sites for hydroxylation is 1. The number of nitrogens with one attached hydrogen (secondary N) is 1. The summed E-state index contributed by atoms with van der Waals surface area (Å²) in [6.07, 6.45) is 1.90. The van der Waals surface area contributed by atoms with Crippen LogP contribution in [-0.2, 0) is 29.0 Å². The molecule has 0 fully saturated rings. The monoisotopic (exact) mass is 530 g/mol. The first-order valence-electron chi connectivity index (χ1n) is 11.7. The Hall–Kier alpha value is -2.53. The van der Waals surface area contributed by atoms with Crippen molar-refractivity contribution in [1.82, 2.24) is 10.2 Å². The summed E-state index contributed by atoms with van der Waals surface area (Å²) in [5.41, 5.74) is 2.67. The van der Waals surface area contributed by atoms with Gasteiger partial charge in [0.1, 0.15) is 6.04 Å². The number of nitrogens with zero attached hydrogens (tertiary/aromatic N) is 1. The van der Waals surface area contributed by atoms with Crippen molar-refractivity contribution in [2.45, 2.75) is 45.2 Å². The normalized spacial score (nSPS) is 11.7. The molecule has 3 aromatic rings. The summed E-state index contributed by atoms with van der Waals surface area (Å²) in [5.74, 6) is -0.314. The molecule has 1 atom stereocenters. The first kappa shape index (κ1) is 27.1. The van der Waals surface area contributed by atoms with Crippen LogP contribution in [0.1, 0.15) is 36.5 Å². The zero-order chi connectivity index (χ0) is 25.2. The summed E-state index contributed by atoms with van der Waals surface area (Å²) in [6, 6.07) is 21.8. The van der Waals surface area contributed by atoms with Gasteiger partial charge in [0.2, 0.25) is 11.8 Å². The molecule has 184 valence electrons. The third kappa shape index (κ3) is 7.99. The number of benzene rings is 3. The largest absolute Gasteiger partial charge is 0.354 e. The highest BCUT2D eigenvalue weighted by molar-refractivity contribution is 6.42. The Kier molecular flexibility index (Phi) is 10.5. The number of hydrogen-bond acceptors (Lipinski definition) is 2. The van der Waals surface area contributed by atoms with E-state index in [1.807, 2.05) is 67.6 Å². The average molecular weight is 532 g/mol. The Morgan fingerprint density at radius 3 is 2.26 bits per heavy atom. The summed E-state index contributed by atoms with van der Waals surface area (Å²) < 4.78 is 0. The maximum atomic E-state index is 13.6. The predicted octanol–water partition coefficient (Wildman–Crippen LogP) is 6.75. The number of rotatable bonds is 11. The zero-order valence-corrected chi connectivity index (χ0v) is 21.9. The molecule has 0 heterocycles. The van der Waals surface area contributed by atoms with Crippen LogP contribution in [0.2, 0.25) is 15.1 Å². The number of carbonyl (C=O) groups is 2. The molecule has 35 heavy (non-hydrogen) atoms. The molecule has 0 saturated heterocycles. The van der Waals surface area contributed by atoms with Crippen molar-refractivity contribution in [1.29, 1.82) is 0 Å². The number of hydrogen-bond donors (Lipinski definition) is 1. The van der Waals surface area contributed by atoms with E-state index < -0.39 is 6.04 Å². The lowest BCUT2D eigenvalue weighted by molar-refractivity contribution is -0.141. The van der Waals surface area contributed by atoms with E-state index in [-0.39, 0.29) is 24.8 Å². The highest BCUT2D eigenvalue weighted by atomic mass is 35.5. The van der Waals surface area contributed by atoms with Crippen LogP contribution in [-0.4, -0.2) is 29.3 Å². The van der Waals surface area contributed by atoms with E-state index in [1.165, 1.54) is 0 Å². The summed E-state index contributed by atoms with van der Waals surface area (Å²) in [5, 5.41) is 4.44. The van der Waals surface area contributed by atoms with Gasteiger partial charge in [-0.1, -0.05) is 96.3 Å². The van der Waals surface area contributed by atoms with Crippen molar-refractivity contribution < 1.29 is 9.59 Å². The van der Waals surface area contributed by atoms with E-state index >= 15 is 0 Å². The van der Waals surface area contributed by atoms with E-state index in [2.05, 4.69) is 5.32 Å². The van der Waals surface area contributed by atoms with E-state index in [4.69, 9.17) is 34.8 Å². The zero-order valence-electron chi connectivity index (χ0n) is 19.6. The predicted molar refractivity (Wildman–Crippen MR) is 144 cm³/mol. The number of amides is 2. The summed E-state index contributed by atoms with van der Waals surface area (Å²) in [4.78, 5) is 28.6. The average Bonchev–Trinajstić information content (AvgIpc) is 2.86. The van der Waals surface area contributed by atoms with Crippen LogP contribution < -0.4 is 5.32 Å².